The molecular formula is C14H11BrClNO2. The van der Waals surface area contributed by atoms with E-state index in [2.05, 4.69) is 21.2 Å². The van der Waals surface area contributed by atoms with Crippen molar-refractivity contribution in [2.75, 3.05) is 12.1 Å². The Balaban J connectivity index is 1.75. The van der Waals surface area contributed by atoms with Crippen LogP contribution in [0.1, 0.15) is 5.56 Å². The molecule has 0 saturated heterocycles. The molecular weight excluding hydrogens is 330 g/mol. The summed E-state index contributed by atoms with van der Waals surface area (Å²) >= 11 is 9.39. The molecule has 0 spiro atoms. The van der Waals surface area contributed by atoms with Gasteiger partial charge in [0.2, 0.25) is 6.79 Å². The summed E-state index contributed by atoms with van der Waals surface area (Å²) in [5.41, 5.74) is 2.13. The molecule has 0 atom stereocenters. The molecule has 5 heteroatoms. The molecule has 1 heterocycles. The molecule has 0 aliphatic carbocycles. The number of benzene rings is 2. The van der Waals surface area contributed by atoms with Gasteiger partial charge in [-0.05, 0) is 42.0 Å². The van der Waals surface area contributed by atoms with Gasteiger partial charge < -0.3 is 14.8 Å². The van der Waals surface area contributed by atoms with Gasteiger partial charge in [-0.1, -0.05) is 27.5 Å². The summed E-state index contributed by atoms with van der Waals surface area (Å²) in [5, 5.41) is 4.07. The second-order valence-electron chi connectivity index (χ2n) is 4.16. The van der Waals surface area contributed by atoms with Crippen molar-refractivity contribution in [1.29, 1.82) is 0 Å². The van der Waals surface area contributed by atoms with Crippen LogP contribution in [0.3, 0.4) is 0 Å². The summed E-state index contributed by atoms with van der Waals surface area (Å²) in [4.78, 5) is 0. The van der Waals surface area contributed by atoms with E-state index < -0.39 is 0 Å². The molecule has 2 aromatic carbocycles. The Kier molecular flexibility index (Phi) is 3.53. The van der Waals surface area contributed by atoms with Gasteiger partial charge in [0.05, 0.1) is 0 Å². The van der Waals surface area contributed by atoms with Gasteiger partial charge in [-0.3, -0.25) is 0 Å². The van der Waals surface area contributed by atoms with E-state index >= 15 is 0 Å². The van der Waals surface area contributed by atoms with Gasteiger partial charge in [-0.25, -0.2) is 0 Å². The smallest absolute Gasteiger partial charge is 0.231 e. The van der Waals surface area contributed by atoms with Crippen LogP contribution >= 0.6 is 27.5 Å². The van der Waals surface area contributed by atoms with Crippen LogP contribution in [0.5, 0.6) is 11.5 Å². The number of rotatable bonds is 3. The Morgan fingerprint density at radius 3 is 2.53 bits per heavy atom. The van der Waals surface area contributed by atoms with Crippen LogP contribution in [0, 0.1) is 0 Å². The van der Waals surface area contributed by atoms with Crippen molar-refractivity contribution >= 4 is 33.2 Å². The molecule has 98 valence electrons. The van der Waals surface area contributed by atoms with Crippen molar-refractivity contribution in [1.82, 2.24) is 0 Å². The molecule has 1 N–H and O–H groups in total. The SMILES string of the molecule is Clc1ccc(NCc2cc3c(cc2Br)OCO3)cc1. The van der Waals surface area contributed by atoms with E-state index in [-0.39, 0.29) is 6.79 Å². The first-order valence-electron chi connectivity index (χ1n) is 5.80. The summed E-state index contributed by atoms with van der Waals surface area (Å²) in [6.07, 6.45) is 0. The summed E-state index contributed by atoms with van der Waals surface area (Å²) in [6.45, 7) is 0.981. The topological polar surface area (TPSA) is 30.5 Å². The van der Waals surface area contributed by atoms with E-state index in [9.17, 15) is 0 Å². The molecule has 0 unspecified atom stereocenters. The zero-order chi connectivity index (χ0) is 13.2. The highest BCUT2D eigenvalue weighted by Gasteiger charge is 2.15. The van der Waals surface area contributed by atoms with E-state index in [1.54, 1.807) is 0 Å². The lowest BCUT2D eigenvalue weighted by molar-refractivity contribution is 0.174. The Bertz CT molecular complexity index is 601. The van der Waals surface area contributed by atoms with Crippen molar-refractivity contribution in [3.63, 3.8) is 0 Å². The monoisotopic (exact) mass is 339 g/mol. The van der Waals surface area contributed by atoms with Crippen LogP contribution in [-0.4, -0.2) is 6.79 Å². The van der Waals surface area contributed by atoms with Gasteiger partial charge in [0.1, 0.15) is 0 Å². The molecule has 2 aromatic rings. The van der Waals surface area contributed by atoms with E-state index in [0.717, 1.165) is 32.2 Å². The highest BCUT2D eigenvalue weighted by Crippen LogP contribution is 2.37. The Labute approximate surface area is 124 Å². The maximum atomic E-state index is 5.85. The molecule has 1 aliphatic rings. The quantitative estimate of drug-likeness (QED) is 0.896. The fourth-order valence-electron chi connectivity index (χ4n) is 1.86. The first-order valence-corrected chi connectivity index (χ1v) is 6.97. The highest BCUT2D eigenvalue weighted by atomic mass is 79.9. The third kappa shape index (κ3) is 2.80. The van der Waals surface area contributed by atoms with Gasteiger partial charge in [-0.15, -0.1) is 0 Å². The maximum Gasteiger partial charge on any atom is 0.231 e. The average molecular weight is 341 g/mol. The van der Waals surface area contributed by atoms with Gasteiger partial charge in [0.15, 0.2) is 11.5 Å². The van der Waals surface area contributed by atoms with Gasteiger partial charge in [0, 0.05) is 21.7 Å². The zero-order valence-corrected chi connectivity index (χ0v) is 12.3. The number of anilines is 1. The van der Waals surface area contributed by atoms with Gasteiger partial charge >= 0.3 is 0 Å². The molecule has 19 heavy (non-hydrogen) atoms. The summed E-state index contributed by atoms with van der Waals surface area (Å²) in [6, 6.07) is 11.5. The van der Waals surface area contributed by atoms with Crippen molar-refractivity contribution in [2.24, 2.45) is 0 Å². The highest BCUT2D eigenvalue weighted by molar-refractivity contribution is 9.10. The normalized spacial score (nSPS) is 12.5. The molecule has 0 saturated carbocycles. The van der Waals surface area contributed by atoms with Crippen LogP contribution in [0.25, 0.3) is 0 Å². The number of fused-ring (bicyclic) bond motifs is 1. The summed E-state index contributed by atoms with van der Waals surface area (Å²) < 4.78 is 11.7. The lowest BCUT2D eigenvalue weighted by Gasteiger charge is -2.09. The molecule has 1 aliphatic heterocycles. The molecule has 3 rings (SSSR count). The largest absolute Gasteiger partial charge is 0.454 e. The van der Waals surface area contributed by atoms with Crippen LogP contribution in [0.4, 0.5) is 5.69 Å². The standard InChI is InChI=1S/C14H11BrClNO2/c15-12-6-14-13(18-8-19-14)5-9(12)7-17-11-3-1-10(16)2-4-11/h1-6,17H,7-8H2. The van der Waals surface area contributed by atoms with Crippen LogP contribution < -0.4 is 14.8 Å². The number of nitrogens with one attached hydrogen (secondary N) is 1. The number of halogens is 2. The van der Waals surface area contributed by atoms with Crippen molar-refractivity contribution in [2.45, 2.75) is 6.54 Å². The van der Waals surface area contributed by atoms with Crippen molar-refractivity contribution < 1.29 is 9.47 Å². The summed E-state index contributed by atoms with van der Waals surface area (Å²) in [7, 11) is 0. The minimum Gasteiger partial charge on any atom is -0.454 e. The van der Waals surface area contributed by atoms with E-state index in [4.69, 9.17) is 21.1 Å². The predicted molar refractivity (Wildman–Crippen MR) is 79.0 cm³/mol. The van der Waals surface area contributed by atoms with E-state index in [1.165, 1.54) is 0 Å². The second kappa shape index (κ2) is 5.31. The first kappa shape index (κ1) is 12.6. The van der Waals surface area contributed by atoms with Crippen molar-refractivity contribution in [3.8, 4) is 11.5 Å². The van der Waals surface area contributed by atoms with Crippen LogP contribution in [0.15, 0.2) is 40.9 Å². The molecule has 0 fully saturated rings. The molecule has 3 nitrogen and oxygen atoms in total. The molecule has 0 bridgehead atoms. The minimum absolute atomic E-state index is 0.288. The Morgan fingerprint density at radius 2 is 1.79 bits per heavy atom. The third-order valence-corrected chi connectivity index (χ3v) is 3.86. The number of ether oxygens (including phenoxy) is 2. The first-order chi connectivity index (χ1) is 9.22. The van der Waals surface area contributed by atoms with E-state index in [0.29, 0.717) is 6.54 Å². The van der Waals surface area contributed by atoms with Crippen LogP contribution in [-0.2, 0) is 6.54 Å². The fourth-order valence-corrected chi connectivity index (χ4v) is 2.45. The Morgan fingerprint density at radius 1 is 1.11 bits per heavy atom. The zero-order valence-electron chi connectivity index (χ0n) is 9.95. The molecule has 0 amide bonds. The van der Waals surface area contributed by atoms with Crippen molar-refractivity contribution in [3.05, 3.63) is 51.5 Å². The number of hydrogen-bond acceptors (Lipinski definition) is 3. The Hall–Kier alpha value is -1.39. The predicted octanol–water partition coefficient (Wildman–Crippen LogP) is 4.44. The van der Waals surface area contributed by atoms with E-state index in [1.807, 2.05) is 36.4 Å². The lowest BCUT2D eigenvalue weighted by Crippen LogP contribution is -2.00. The second-order valence-corrected chi connectivity index (χ2v) is 5.45. The van der Waals surface area contributed by atoms with Crippen LogP contribution in [0.2, 0.25) is 5.02 Å². The summed E-state index contributed by atoms with van der Waals surface area (Å²) in [5.74, 6) is 1.57. The third-order valence-electron chi connectivity index (χ3n) is 2.87. The average Bonchev–Trinajstić information content (AvgIpc) is 2.85. The van der Waals surface area contributed by atoms with Gasteiger partial charge in [0.25, 0.3) is 0 Å². The van der Waals surface area contributed by atoms with Gasteiger partial charge in [-0.2, -0.15) is 0 Å². The molecule has 0 aromatic heterocycles. The lowest BCUT2D eigenvalue weighted by atomic mass is 10.2. The maximum absolute atomic E-state index is 5.85. The number of hydrogen-bond donors (Lipinski definition) is 1. The fraction of sp³-hybridized carbons (Fsp3) is 0.143. The minimum atomic E-state index is 0.288. The molecule has 0 radical (unpaired) electrons.